The second-order valence-corrected chi connectivity index (χ2v) is 7.62. The van der Waals surface area contributed by atoms with Gasteiger partial charge in [-0.25, -0.2) is 0 Å². The summed E-state index contributed by atoms with van der Waals surface area (Å²) in [7, 11) is 0. The highest BCUT2D eigenvalue weighted by Gasteiger charge is 2.22. The molecule has 1 amide bonds. The summed E-state index contributed by atoms with van der Waals surface area (Å²) in [6, 6.07) is 11.7. The Morgan fingerprint density at radius 2 is 1.96 bits per heavy atom. The molecule has 6 nitrogen and oxygen atoms in total. The van der Waals surface area contributed by atoms with E-state index in [-0.39, 0.29) is 5.91 Å². The quantitative estimate of drug-likeness (QED) is 0.625. The fourth-order valence-corrected chi connectivity index (χ4v) is 3.66. The number of rotatable bonds is 5. The summed E-state index contributed by atoms with van der Waals surface area (Å²) < 4.78 is 8.21. The number of hydrogen-bond donors (Lipinski definition) is 0. The fraction of sp³-hybridized carbons (Fsp3) is 0.300. The predicted molar refractivity (Wildman–Crippen MR) is 105 cm³/mol. The molecule has 7 heteroatoms. The SMILES string of the molecule is O=C(c1cccc(Cn2cc(Br)cn2)c1)N1CCN(Cc2ccco2)CC1. The number of carbonyl (C=O) groups excluding carboxylic acids is 1. The zero-order valence-electron chi connectivity index (χ0n) is 14.9. The van der Waals surface area contributed by atoms with Crippen molar-refractivity contribution in [3.63, 3.8) is 0 Å². The number of halogens is 1. The van der Waals surface area contributed by atoms with E-state index in [2.05, 4.69) is 25.9 Å². The molecule has 0 unspecified atom stereocenters. The lowest BCUT2D eigenvalue weighted by Gasteiger charge is -2.34. The third-order valence-electron chi connectivity index (χ3n) is 4.74. The highest BCUT2D eigenvalue weighted by molar-refractivity contribution is 9.10. The van der Waals surface area contributed by atoms with Crippen molar-refractivity contribution in [1.82, 2.24) is 19.6 Å². The number of carbonyl (C=O) groups is 1. The molecule has 3 heterocycles. The van der Waals surface area contributed by atoms with Crippen LogP contribution in [-0.2, 0) is 13.1 Å². The molecule has 140 valence electrons. The minimum absolute atomic E-state index is 0.0937. The standard InChI is InChI=1S/C20H21BrN4O2/c21-18-12-22-25(14-18)13-16-3-1-4-17(11-16)20(26)24-8-6-23(7-9-24)15-19-5-2-10-27-19/h1-5,10-12,14H,6-9,13,15H2. The predicted octanol–water partition coefficient (Wildman–Crippen LogP) is 3.24. The Bertz CT molecular complexity index is 898. The third kappa shape index (κ3) is 4.48. The monoisotopic (exact) mass is 428 g/mol. The fourth-order valence-electron chi connectivity index (χ4n) is 3.33. The normalized spacial score (nSPS) is 15.2. The van der Waals surface area contributed by atoms with Crippen LogP contribution < -0.4 is 0 Å². The summed E-state index contributed by atoms with van der Waals surface area (Å²) in [6.45, 7) is 4.61. The molecule has 27 heavy (non-hydrogen) atoms. The molecule has 4 rings (SSSR count). The van der Waals surface area contributed by atoms with Crippen LogP contribution in [0.25, 0.3) is 0 Å². The number of aromatic nitrogens is 2. The van der Waals surface area contributed by atoms with Gasteiger partial charge in [-0.1, -0.05) is 12.1 Å². The summed E-state index contributed by atoms with van der Waals surface area (Å²) in [5, 5.41) is 4.28. The molecule has 2 aromatic heterocycles. The van der Waals surface area contributed by atoms with Crippen molar-refractivity contribution in [3.05, 3.63) is 76.4 Å². The molecule has 1 aromatic carbocycles. The van der Waals surface area contributed by atoms with Crippen molar-refractivity contribution < 1.29 is 9.21 Å². The Kier molecular flexibility index (Phi) is 5.40. The summed E-state index contributed by atoms with van der Waals surface area (Å²) in [5.74, 6) is 1.06. The van der Waals surface area contributed by atoms with E-state index in [0.29, 0.717) is 6.54 Å². The summed E-state index contributed by atoms with van der Waals surface area (Å²) in [6.07, 6.45) is 5.38. The van der Waals surface area contributed by atoms with Gasteiger partial charge in [0, 0.05) is 37.9 Å². The molecule has 0 atom stereocenters. The zero-order chi connectivity index (χ0) is 18.6. The maximum atomic E-state index is 12.9. The van der Waals surface area contributed by atoms with Crippen molar-refractivity contribution in [2.24, 2.45) is 0 Å². The highest BCUT2D eigenvalue weighted by atomic mass is 79.9. The van der Waals surface area contributed by atoms with E-state index >= 15 is 0 Å². The lowest BCUT2D eigenvalue weighted by atomic mass is 10.1. The Labute approximate surface area is 166 Å². The molecule has 0 bridgehead atoms. The van der Waals surface area contributed by atoms with E-state index in [1.54, 1.807) is 12.5 Å². The first-order valence-electron chi connectivity index (χ1n) is 8.98. The van der Waals surface area contributed by atoms with Crippen LogP contribution >= 0.6 is 15.9 Å². The number of piperazine rings is 1. The van der Waals surface area contributed by atoms with Crippen molar-refractivity contribution in [2.45, 2.75) is 13.1 Å². The van der Waals surface area contributed by atoms with E-state index < -0.39 is 0 Å². The van der Waals surface area contributed by atoms with E-state index in [0.717, 1.165) is 54.1 Å². The van der Waals surface area contributed by atoms with Gasteiger partial charge in [-0.05, 0) is 45.8 Å². The van der Waals surface area contributed by atoms with Crippen LogP contribution in [0.15, 0.2) is 63.9 Å². The first-order valence-corrected chi connectivity index (χ1v) is 9.77. The van der Waals surface area contributed by atoms with Crippen LogP contribution in [0, 0.1) is 0 Å². The summed E-state index contributed by atoms with van der Waals surface area (Å²) >= 11 is 3.40. The van der Waals surface area contributed by atoms with Crippen molar-refractivity contribution in [3.8, 4) is 0 Å². The number of furan rings is 1. The van der Waals surface area contributed by atoms with Gasteiger partial charge in [-0.15, -0.1) is 0 Å². The second-order valence-electron chi connectivity index (χ2n) is 6.70. The van der Waals surface area contributed by atoms with Gasteiger partial charge in [0.25, 0.3) is 5.91 Å². The van der Waals surface area contributed by atoms with Crippen molar-refractivity contribution in [2.75, 3.05) is 26.2 Å². The lowest BCUT2D eigenvalue weighted by Crippen LogP contribution is -2.48. The summed E-state index contributed by atoms with van der Waals surface area (Å²) in [5.41, 5.74) is 1.80. The maximum Gasteiger partial charge on any atom is 0.253 e. The van der Waals surface area contributed by atoms with Crippen LogP contribution in [0.1, 0.15) is 21.7 Å². The van der Waals surface area contributed by atoms with E-state index in [4.69, 9.17) is 4.42 Å². The van der Waals surface area contributed by atoms with Crippen molar-refractivity contribution >= 4 is 21.8 Å². The minimum atomic E-state index is 0.0937. The van der Waals surface area contributed by atoms with E-state index in [9.17, 15) is 4.79 Å². The number of amides is 1. The number of hydrogen-bond acceptors (Lipinski definition) is 4. The molecule has 1 aliphatic rings. The van der Waals surface area contributed by atoms with Gasteiger partial charge < -0.3 is 9.32 Å². The average molecular weight is 429 g/mol. The molecule has 0 aliphatic carbocycles. The van der Waals surface area contributed by atoms with Crippen LogP contribution in [0.4, 0.5) is 0 Å². The lowest BCUT2D eigenvalue weighted by molar-refractivity contribution is 0.0620. The van der Waals surface area contributed by atoms with Crippen LogP contribution in [-0.4, -0.2) is 51.7 Å². The molecule has 0 spiro atoms. The first kappa shape index (κ1) is 18.0. The largest absolute Gasteiger partial charge is 0.468 e. The van der Waals surface area contributed by atoms with Crippen LogP contribution in [0.3, 0.4) is 0 Å². The molecule has 0 radical (unpaired) electrons. The van der Waals surface area contributed by atoms with Gasteiger partial charge in [-0.3, -0.25) is 14.4 Å². The minimum Gasteiger partial charge on any atom is -0.468 e. The second kappa shape index (κ2) is 8.10. The van der Waals surface area contributed by atoms with E-state index in [1.165, 1.54) is 0 Å². The van der Waals surface area contributed by atoms with Gasteiger partial charge in [-0.2, -0.15) is 5.10 Å². The van der Waals surface area contributed by atoms with Gasteiger partial charge in [0.2, 0.25) is 0 Å². The third-order valence-corrected chi connectivity index (χ3v) is 5.15. The molecule has 1 saturated heterocycles. The summed E-state index contributed by atoms with van der Waals surface area (Å²) in [4.78, 5) is 17.1. The molecule has 1 aliphatic heterocycles. The Balaban J connectivity index is 1.36. The molecular formula is C20H21BrN4O2. The Hall–Kier alpha value is -2.38. The van der Waals surface area contributed by atoms with Crippen LogP contribution in [0.5, 0.6) is 0 Å². The molecule has 0 saturated carbocycles. The zero-order valence-corrected chi connectivity index (χ0v) is 16.5. The van der Waals surface area contributed by atoms with Gasteiger partial charge in [0.1, 0.15) is 5.76 Å². The number of benzene rings is 1. The van der Waals surface area contributed by atoms with E-state index in [1.807, 2.05) is 52.2 Å². The van der Waals surface area contributed by atoms with Gasteiger partial charge in [0.05, 0.1) is 30.0 Å². The van der Waals surface area contributed by atoms with Gasteiger partial charge >= 0.3 is 0 Å². The highest BCUT2D eigenvalue weighted by Crippen LogP contribution is 2.14. The molecular weight excluding hydrogens is 408 g/mol. The first-order chi connectivity index (χ1) is 13.2. The van der Waals surface area contributed by atoms with Crippen LogP contribution in [0.2, 0.25) is 0 Å². The Morgan fingerprint density at radius 1 is 1.11 bits per heavy atom. The molecule has 0 N–H and O–H groups in total. The topological polar surface area (TPSA) is 54.5 Å². The average Bonchev–Trinajstić information content (AvgIpc) is 3.34. The molecule has 3 aromatic rings. The maximum absolute atomic E-state index is 12.9. The van der Waals surface area contributed by atoms with Crippen molar-refractivity contribution in [1.29, 1.82) is 0 Å². The smallest absolute Gasteiger partial charge is 0.253 e. The Morgan fingerprint density at radius 3 is 2.67 bits per heavy atom. The van der Waals surface area contributed by atoms with Gasteiger partial charge in [0.15, 0.2) is 0 Å². The number of nitrogens with zero attached hydrogens (tertiary/aromatic N) is 4. The molecule has 1 fully saturated rings.